The second kappa shape index (κ2) is 8.22. The Bertz CT molecular complexity index is 628. The van der Waals surface area contributed by atoms with Gasteiger partial charge in [0.1, 0.15) is 5.52 Å². The third-order valence-electron chi connectivity index (χ3n) is 3.23. The van der Waals surface area contributed by atoms with Gasteiger partial charge in [-0.15, -0.1) is 24.8 Å². The SMILES string of the molecule is CC(N)C(C)C(=O)Nc1ccc2oc(N(C)C)nc2c1.Cl.Cl. The number of nitrogens with zero attached hydrogens (tertiary/aromatic N) is 2. The smallest absolute Gasteiger partial charge is 0.297 e. The summed E-state index contributed by atoms with van der Waals surface area (Å²) < 4.78 is 5.56. The highest BCUT2D eigenvalue weighted by atomic mass is 35.5. The second-order valence-electron chi connectivity index (χ2n) is 5.21. The number of nitrogens with two attached hydrogens (primary N) is 1. The number of halogens is 2. The molecule has 1 aromatic heterocycles. The largest absolute Gasteiger partial charge is 0.423 e. The molecule has 0 bridgehead atoms. The van der Waals surface area contributed by atoms with Gasteiger partial charge in [0.2, 0.25) is 5.91 Å². The van der Waals surface area contributed by atoms with E-state index >= 15 is 0 Å². The van der Waals surface area contributed by atoms with Gasteiger partial charge in [0.15, 0.2) is 5.58 Å². The summed E-state index contributed by atoms with van der Waals surface area (Å²) in [5, 5.41) is 2.84. The normalized spacial score (nSPS) is 12.8. The number of anilines is 2. The molecule has 124 valence electrons. The molecule has 22 heavy (non-hydrogen) atoms. The zero-order valence-electron chi connectivity index (χ0n) is 13.0. The maximum absolute atomic E-state index is 12.0. The molecule has 0 saturated carbocycles. The van der Waals surface area contributed by atoms with Crippen LogP contribution in [0.25, 0.3) is 11.1 Å². The lowest BCUT2D eigenvalue weighted by Crippen LogP contribution is -2.34. The van der Waals surface area contributed by atoms with Gasteiger partial charge in [-0.25, -0.2) is 0 Å². The van der Waals surface area contributed by atoms with Gasteiger partial charge in [-0.05, 0) is 25.1 Å². The molecule has 3 N–H and O–H groups in total. The van der Waals surface area contributed by atoms with Crippen LogP contribution >= 0.6 is 24.8 Å². The molecule has 2 aromatic rings. The Kier molecular flexibility index (Phi) is 7.66. The highest BCUT2D eigenvalue weighted by Gasteiger charge is 2.17. The Balaban J connectivity index is 0.00000220. The van der Waals surface area contributed by atoms with Crippen molar-refractivity contribution in [1.82, 2.24) is 4.98 Å². The minimum absolute atomic E-state index is 0. The summed E-state index contributed by atoms with van der Waals surface area (Å²) in [6.07, 6.45) is 0. The highest BCUT2D eigenvalue weighted by molar-refractivity contribution is 5.94. The monoisotopic (exact) mass is 348 g/mol. The number of carbonyl (C=O) groups is 1. The third-order valence-corrected chi connectivity index (χ3v) is 3.23. The first-order valence-corrected chi connectivity index (χ1v) is 6.53. The van der Waals surface area contributed by atoms with Crippen LogP contribution in [-0.2, 0) is 4.79 Å². The minimum Gasteiger partial charge on any atom is -0.423 e. The number of amides is 1. The summed E-state index contributed by atoms with van der Waals surface area (Å²) in [5.74, 6) is -0.351. The number of aromatic nitrogens is 1. The van der Waals surface area contributed by atoms with Crippen molar-refractivity contribution in [3.8, 4) is 0 Å². The maximum atomic E-state index is 12.0. The molecule has 1 aromatic carbocycles. The van der Waals surface area contributed by atoms with Crippen molar-refractivity contribution in [3.63, 3.8) is 0 Å². The fourth-order valence-corrected chi connectivity index (χ4v) is 1.68. The molecule has 0 radical (unpaired) electrons. The van der Waals surface area contributed by atoms with Crippen molar-refractivity contribution < 1.29 is 9.21 Å². The quantitative estimate of drug-likeness (QED) is 0.887. The standard InChI is InChI=1S/C14H20N4O2.2ClH/c1-8(9(2)15)13(19)16-10-5-6-12-11(7-10)17-14(20-12)18(3)4;;/h5-9H,15H2,1-4H3,(H,16,19);2*1H. The van der Waals surface area contributed by atoms with E-state index in [1.807, 2.05) is 21.0 Å². The summed E-state index contributed by atoms with van der Waals surface area (Å²) in [4.78, 5) is 18.1. The fourth-order valence-electron chi connectivity index (χ4n) is 1.68. The van der Waals surface area contributed by atoms with E-state index in [1.54, 1.807) is 30.0 Å². The van der Waals surface area contributed by atoms with Crippen LogP contribution in [0.15, 0.2) is 22.6 Å². The molecule has 6 nitrogen and oxygen atoms in total. The zero-order valence-corrected chi connectivity index (χ0v) is 14.6. The summed E-state index contributed by atoms with van der Waals surface area (Å²) >= 11 is 0. The lowest BCUT2D eigenvalue weighted by Gasteiger charge is -2.15. The van der Waals surface area contributed by atoms with E-state index in [1.165, 1.54) is 0 Å². The lowest BCUT2D eigenvalue weighted by molar-refractivity contribution is -0.119. The molecule has 2 unspecified atom stereocenters. The molecule has 0 saturated heterocycles. The van der Waals surface area contributed by atoms with Gasteiger partial charge >= 0.3 is 0 Å². The van der Waals surface area contributed by atoms with Gasteiger partial charge in [-0.3, -0.25) is 4.79 Å². The molecule has 1 heterocycles. The van der Waals surface area contributed by atoms with E-state index in [2.05, 4.69) is 10.3 Å². The number of fused-ring (bicyclic) bond motifs is 1. The van der Waals surface area contributed by atoms with Gasteiger partial charge in [-0.2, -0.15) is 4.98 Å². The van der Waals surface area contributed by atoms with Gasteiger partial charge in [0.25, 0.3) is 6.01 Å². The number of rotatable bonds is 4. The van der Waals surface area contributed by atoms with E-state index in [0.717, 1.165) is 0 Å². The minimum atomic E-state index is -0.250. The van der Waals surface area contributed by atoms with Crippen molar-refractivity contribution in [2.45, 2.75) is 19.9 Å². The highest BCUT2D eigenvalue weighted by Crippen LogP contribution is 2.23. The molecular weight excluding hydrogens is 327 g/mol. The van der Waals surface area contributed by atoms with E-state index in [0.29, 0.717) is 22.8 Å². The average Bonchev–Trinajstić information content (AvgIpc) is 2.80. The van der Waals surface area contributed by atoms with E-state index in [4.69, 9.17) is 10.2 Å². The molecule has 2 atom stereocenters. The Morgan fingerprint density at radius 3 is 2.50 bits per heavy atom. The number of nitrogens with one attached hydrogen (secondary N) is 1. The summed E-state index contributed by atoms with van der Waals surface area (Å²) in [5.41, 5.74) is 7.81. The van der Waals surface area contributed by atoms with Crippen LogP contribution in [0.5, 0.6) is 0 Å². The average molecular weight is 349 g/mol. The van der Waals surface area contributed by atoms with Crippen molar-refractivity contribution in [1.29, 1.82) is 0 Å². The van der Waals surface area contributed by atoms with Crippen molar-refractivity contribution in [3.05, 3.63) is 18.2 Å². The van der Waals surface area contributed by atoms with Crippen LogP contribution in [-0.4, -0.2) is 31.0 Å². The predicted octanol–water partition coefficient (Wildman–Crippen LogP) is 2.66. The van der Waals surface area contributed by atoms with Gasteiger partial charge < -0.3 is 20.4 Å². The molecule has 0 fully saturated rings. The van der Waals surface area contributed by atoms with Crippen molar-refractivity contribution in [2.24, 2.45) is 11.7 Å². The molecule has 0 aliphatic heterocycles. The van der Waals surface area contributed by atoms with E-state index in [-0.39, 0.29) is 42.7 Å². The first-order valence-electron chi connectivity index (χ1n) is 6.53. The van der Waals surface area contributed by atoms with Crippen molar-refractivity contribution >= 4 is 53.5 Å². The van der Waals surface area contributed by atoms with E-state index < -0.39 is 0 Å². The van der Waals surface area contributed by atoms with Crippen LogP contribution < -0.4 is 16.0 Å². The number of carbonyl (C=O) groups excluding carboxylic acids is 1. The molecule has 0 aliphatic rings. The maximum Gasteiger partial charge on any atom is 0.297 e. The summed E-state index contributed by atoms with van der Waals surface area (Å²) in [7, 11) is 3.72. The molecule has 0 spiro atoms. The number of hydrogen-bond donors (Lipinski definition) is 2. The topological polar surface area (TPSA) is 84.4 Å². The molecule has 8 heteroatoms. The van der Waals surface area contributed by atoms with Crippen LogP contribution in [0.2, 0.25) is 0 Å². The van der Waals surface area contributed by atoms with E-state index in [9.17, 15) is 4.79 Å². The van der Waals surface area contributed by atoms with Crippen LogP contribution in [0.3, 0.4) is 0 Å². The third kappa shape index (κ3) is 4.50. The number of benzene rings is 1. The Morgan fingerprint density at radius 1 is 1.32 bits per heavy atom. The number of hydrogen-bond acceptors (Lipinski definition) is 5. The molecule has 2 rings (SSSR count). The first-order chi connectivity index (χ1) is 9.38. The summed E-state index contributed by atoms with van der Waals surface area (Å²) in [6.45, 7) is 3.62. The Hall–Kier alpha value is -1.50. The Morgan fingerprint density at radius 2 is 1.95 bits per heavy atom. The Labute approximate surface area is 142 Å². The number of oxazole rings is 1. The van der Waals surface area contributed by atoms with Gasteiger partial charge in [0.05, 0.1) is 5.92 Å². The van der Waals surface area contributed by atoms with Crippen LogP contribution in [0.4, 0.5) is 11.7 Å². The molecule has 1 amide bonds. The van der Waals surface area contributed by atoms with Gasteiger partial charge in [0, 0.05) is 25.8 Å². The van der Waals surface area contributed by atoms with Gasteiger partial charge in [-0.1, -0.05) is 6.92 Å². The lowest BCUT2D eigenvalue weighted by atomic mass is 10.0. The van der Waals surface area contributed by atoms with Crippen LogP contribution in [0, 0.1) is 5.92 Å². The zero-order chi connectivity index (χ0) is 14.9. The predicted molar refractivity (Wildman–Crippen MR) is 94.3 cm³/mol. The first kappa shape index (κ1) is 20.5. The fraction of sp³-hybridized carbons (Fsp3) is 0.429. The second-order valence-corrected chi connectivity index (χ2v) is 5.21. The van der Waals surface area contributed by atoms with Crippen molar-refractivity contribution in [2.75, 3.05) is 24.3 Å². The van der Waals surface area contributed by atoms with Crippen LogP contribution in [0.1, 0.15) is 13.8 Å². The molecule has 0 aliphatic carbocycles. The summed E-state index contributed by atoms with van der Waals surface area (Å²) in [6, 6.07) is 5.72. The molecular formula is C14H22Cl2N4O2.